The summed E-state index contributed by atoms with van der Waals surface area (Å²) < 4.78 is 5.80. The number of hydrogen-bond acceptors (Lipinski definition) is 4. The van der Waals surface area contributed by atoms with Crippen LogP contribution in [0, 0.1) is 0 Å². The van der Waals surface area contributed by atoms with Crippen LogP contribution in [0.4, 0.5) is 0 Å². The van der Waals surface area contributed by atoms with Crippen LogP contribution in [0.15, 0.2) is 0 Å². The fourth-order valence-electron chi connectivity index (χ4n) is 3.18. The van der Waals surface area contributed by atoms with Crippen LogP contribution in [0.25, 0.3) is 0 Å². The molecule has 0 saturated carbocycles. The lowest BCUT2D eigenvalue weighted by Gasteiger charge is -2.50. The Morgan fingerprint density at radius 2 is 2.25 bits per heavy atom. The molecular formula is C12H25N3O. The number of piperazine rings is 1. The lowest BCUT2D eigenvalue weighted by atomic mass is 9.80. The van der Waals surface area contributed by atoms with Gasteiger partial charge in [0.05, 0.1) is 5.60 Å². The van der Waals surface area contributed by atoms with Gasteiger partial charge in [0.15, 0.2) is 0 Å². The Hall–Kier alpha value is -0.160. The van der Waals surface area contributed by atoms with Gasteiger partial charge in [-0.1, -0.05) is 0 Å². The fraction of sp³-hybridized carbons (Fsp3) is 1.00. The normalized spacial score (nSPS) is 35.4. The number of rotatable bonds is 2. The van der Waals surface area contributed by atoms with Crippen LogP contribution < -0.4 is 11.1 Å². The number of nitrogens with zero attached hydrogens (tertiary/aromatic N) is 1. The minimum atomic E-state index is 0.0109. The maximum Gasteiger partial charge on any atom is 0.0644 e. The van der Waals surface area contributed by atoms with Crippen LogP contribution in [0.5, 0.6) is 0 Å². The second-order valence-corrected chi connectivity index (χ2v) is 5.81. The van der Waals surface area contributed by atoms with Gasteiger partial charge in [-0.05, 0) is 26.7 Å². The number of nitrogens with two attached hydrogens (primary N) is 1. The van der Waals surface area contributed by atoms with Crippen LogP contribution in [0.2, 0.25) is 0 Å². The summed E-state index contributed by atoms with van der Waals surface area (Å²) in [6.45, 7) is 10.4. The van der Waals surface area contributed by atoms with E-state index in [1.54, 1.807) is 0 Å². The van der Waals surface area contributed by atoms with E-state index >= 15 is 0 Å². The zero-order chi connectivity index (χ0) is 11.6. The first-order valence-corrected chi connectivity index (χ1v) is 6.37. The van der Waals surface area contributed by atoms with Gasteiger partial charge < -0.3 is 15.8 Å². The summed E-state index contributed by atoms with van der Waals surface area (Å²) in [5.74, 6) is 0. The maximum absolute atomic E-state index is 5.80. The highest BCUT2D eigenvalue weighted by Gasteiger charge is 2.42. The van der Waals surface area contributed by atoms with E-state index in [1.807, 2.05) is 0 Å². The average molecular weight is 227 g/mol. The Balaban J connectivity index is 2.00. The van der Waals surface area contributed by atoms with Crippen molar-refractivity contribution in [3.63, 3.8) is 0 Å². The largest absolute Gasteiger partial charge is 0.375 e. The lowest BCUT2D eigenvalue weighted by molar-refractivity contribution is -0.0991. The quantitative estimate of drug-likeness (QED) is 0.706. The standard InChI is InChI=1S/C12H25N3O/c1-11(2)9-12(3-8-16-11)10-15(6-4-13)7-5-14-12/h14H,3-10,13H2,1-2H3/t12-/m0/s1. The van der Waals surface area contributed by atoms with E-state index in [1.165, 1.54) is 0 Å². The van der Waals surface area contributed by atoms with Gasteiger partial charge in [-0.25, -0.2) is 0 Å². The van der Waals surface area contributed by atoms with Gasteiger partial charge in [0.2, 0.25) is 0 Å². The van der Waals surface area contributed by atoms with Crippen LogP contribution in [-0.4, -0.2) is 55.4 Å². The van der Waals surface area contributed by atoms with E-state index in [9.17, 15) is 0 Å². The monoisotopic (exact) mass is 227 g/mol. The summed E-state index contributed by atoms with van der Waals surface area (Å²) in [5.41, 5.74) is 5.91. The second kappa shape index (κ2) is 4.61. The highest BCUT2D eigenvalue weighted by atomic mass is 16.5. The van der Waals surface area contributed by atoms with Crippen molar-refractivity contribution in [3.8, 4) is 0 Å². The zero-order valence-electron chi connectivity index (χ0n) is 10.6. The van der Waals surface area contributed by atoms with E-state index in [0.717, 1.165) is 52.2 Å². The molecule has 94 valence electrons. The van der Waals surface area contributed by atoms with Crippen molar-refractivity contribution in [1.29, 1.82) is 0 Å². The molecule has 0 amide bonds. The van der Waals surface area contributed by atoms with Crippen molar-refractivity contribution in [3.05, 3.63) is 0 Å². The molecule has 0 aromatic rings. The van der Waals surface area contributed by atoms with Gasteiger partial charge in [0.1, 0.15) is 0 Å². The number of ether oxygens (including phenoxy) is 1. The first-order chi connectivity index (χ1) is 7.55. The highest BCUT2D eigenvalue weighted by molar-refractivity contribution is 5.01. The minimum absolute atomic E-state index is 0.0109. The van der Waals surface area contributed by atoms with E-state index in [-0.39, 0.29) is 11.1 Å². The van der Waals surface area contributed by atoms with Crippen molar-refractivity contribution in [2.45, 2.75) is 37.8 Å². The van der Waals surface area contributed by atoms with E-state index in [4.69, 9.17) is 10.5 Å². The summed E-state index contributed by atoms with van der Waals surface area (Å²) in [5, 5.41) is 3.72. The molecule has 2 fully saturated rings. The van der Waals surface area contributed by atoms with Crippen molar-refractivity contribution >= 4 is 0 Å². The SMILES string of the molecule is CC1(C)C[C@@]2(CCO1)CN(CCN)CCN2. The average Bonchev–Trinajstić information content (AvgIpc) is 2.16. The third-order valence-corrected chi connectivity index (χ3v) is 3.74. The molecule has 16 heavy (non-hydrogen) atoms. The molecule has 4 heteroatoms. The molecule has 1 atom stereocenters. The number of hydrogen-bond donors (Lipinski definition) is 2. The molecule has 1 spiro atoms. The summed E-state index contributed by atoms with van der Waals surface area (Å²) >= 11 is 0. The predicted octanol–water partition coefficient (Wildman–Crippen LogP) is 0.178. The van der Waals surface area contributed by atoms with E-state index < -0.39 is 0 Å². The van der Waals surface area contributed by atoms with Gasteiger partial charge in [-0.3, -0.25) is 4.90 Å². The van der Waals surface area contributed by atoms with Gasteiger partial charge in [-0.2, -0.15) is 0 Å². The van der Waals surface area contributed by atoms with E-state index in [2.05, 4.69) is 24.1 Å². The predicted molar refractivity (Wildman–Crippen MR) is 65.5 cm³/mol. The van der Waals surface area contributed by atoms with Crippen LogP contribution in [0.1, 0.15) is 26.7 Å². The van der Waals surface area contributed by atoms with Crippen LogP contribution >= 0.6 is 0 Å². The molecule has 0 bridgehead atoms. The van der Waals surface area contributed by atoms with Crippen molar-refractivity contribution in [2.24, 2.45) is 5.73 Å². The third-order valence-electron chi connectivity index (χ3n) is 3.74. The molecule has 0 aromatic carbocycles. The van der Waals surface area contributed by atoms with Crippen molar-refractivity contribution in [2.75, 3.05) is 39.3 Å². The summed E-state index contributed by atoms with van der Waals surface area (Å²) in [4.78, 5) is 2.48. The van der Waals surface area contributed by atoms with Gasteiger partial charge in [0.25, 0.3) is 0 Å². The molecule has 4 nitrogen and oxygen atoms in total. The molecular weight excluding hydrogens is 202 g/mol. The van der Waals surface area contributed by atoms with Crippen molar-refractivity contribution in [1.82, 2.24) is 10.2 Å². The summed E-state index contributed by atoms with van der Waals surface area (Å²) in [6, 6.07) is 0. The van der Waals surface area contributed by atoms with Gasteiger partial charge in [0, 0.05) is 44.9 Å². The Labute approximate surface area is 98.5 Å². The molecule has 2 aliphatic heterocycles. The van der Waals surface area contributed by atoms with Gasteiger partial charge >= 0.3 is 0 Å². The summed E-state index contributed by atoms with van der Waals surface area (Å²) in [7, 11) is 0. The van der Waals surface area contributed by atoms with Crippen LogP contribution in [0.3, 0.4) is 0 Å². The van der Waals surface area contributed by atoms with Crippen LogP contribution in [-0.2, 0) is 4.74 Å². The maximum atomic E-state index is 5.80. The smallest absolute Gasteiger partial charge is 0.0644 e. The molecule has 0 aromatic heterocycles. The molecule has 0 unspecified atom stereocenters. The molecule has 2 saturated heterocycles. The van der Waals surface area contributed by atoms with E-state index in [0.29, 0.717) is 0 Å². The molecule has 2 aliphatic rings. The molecule has 2 heterocycles. The van der Waals surface area contributed by atoms with Crippen molar-refractivity contribution < 1.29 is 4.74 Å². The Morgan fingerprint density at radius 3 is 2.94 bits per heavy atom. The first-order valence-electron chi connectivity index (χ1n) is 6.37. The minimum Gasteiger partial charge on any atom is -0.375 e. The molecule has 0 radical (unpaired) electrons. The third kappa shape index (κ3) is 2.74. The summed E-state index contributed by atoms with van der Waals surface area (Å²) in [6.07, 6.45) is 2.22. The Kier molecular flexibility index (Phi) is 3.54. The first kappa shape index (κ1) is 12.3. The highest BCUT2D eigenvalue weighted by Crippen LogP contribution is 2.33. The molecule has 2 rings (SSSR count). The Morgan fingerprint density at radius 1 is 1.44 bits per heavy atom. The van der Waals surface area contributed by atoms with Gasteiger partial charge in [-0.15, -0.1) is 0 Å². The number of nitrogens with one attached hydrogen (secondary N) is 1. The zero-order valence-corrected chi connectivity index (χ0v) is 10.6. The Bertz CT molecular complexity index is 238. The topological polar surface area (TPSA) is 50.5 Å². The molecule has 3 N–H and O–H groups in total. The molecule has 0 aliphatic carbocycles. The second-order valence-electron chi connectivity index (χ2n) is 5.81. The lowest BCUT2D eigenvalue weighted by Crippen LogP contribution is -2.65. The fourth-order valence-corrected chi connectivity index (χ4v) is 3.18.